The molecule has 98 heavy (non-hydrogen) atoms. The first-order chi connectivity index (χ1) is 45.8. The van der Waals surface area contributed by atoms with E-state index in [-0.39, 0.29) is 37.7 Å². The van der Waals surface area contributed by atoms with Crippen molar-refractivity contribution in [2.24, 2.45) is 35.1 Å². The van der Waals surface area contributed by atoms with Crippen LogP contribution in [0.4, 0.5) is 0 Å². The number of carbonyl (C=O) groups is 11. The summed E-state index contributed by atoms with van der Waals surface area (Å²) >= 11 is 0. The Labute approximate surface area is 573 Å². The Bertz CT molecular complexity index is 2930. The van der Waals surface area contributed by atoms with Gasteiger partial charge < -0.3 is 104 Å². The van der Waals surface area contributed by atoms with Crippen molar-refractivity contribution in [3.63, 3.8) is 0 Å². The molecule has 0 aliphatic carbocycles. The number of nitrogens with one attached hydrogen (secondary N) is 9. The van der Waals surface area contributed by atoms with E-state index in [4.69, 9.17) is 25.7 Å². The number of aliphatic hydroxyl groups is 4. The van der Waals surface area contributed by atoms with Crippen LogP contribution in [0.1, 0.15) is 120 Å². The van der Waals surface area contributed by atoms with Crippen LogP contribution >= 0.6 is 0 Å². The lowest BCUT2D eigenvalue weighted by molar-refractivity contribution is -0.168. The number of methoxy groups -OCH3 is 2. The first kappa shape index (κ1) is 84.5. The molecule has 2 aliphatic rings. The largest absolute Gasteiger partial charge is 0.508 e. The summed E-state index contributed by atoms with van der Waals surface area (Å²) in [6, 6.07) is -8.55. The molecule has 0 saturated carbocycles. The Morgan fingerprint density at radius 3 is 2.05 bits per heavy atom. The van der Waals surface area contributed by atoms with Gasteiger partial charge in [0.2, 0.25) is 53.2 Å². The molecule has 0 aromatic heterocycles. The zero-order valence-electron chi connectivity index (χ0n) is 59.1. The Hall–Kier alpha value is -7.69. The van der Waals surface area contributed by atoms with Crippen LogP contribution < -0.4 is 59.3 Å². The van der Waals surface area contributed by atoms with Gasteiger partial charge in [0.05, 0.1) is 31.9 Å². The summed E-state index contributed by atoms with van der Waals surface area (Å²) in [5.41, 5.74) is 10.8. The van der Waals surface area contributed by atoms with Crippen molar-refractivity contribution >= 4 is 65.0 Å². The van der Waals surface area contributed by atoms with E-state index in [1.54, 1.807) is 44.9 Å². The molecule has 3 rings (SSSR count). The normalized spacial score (nSPS) is 24.9. The number of aliphatic hydroxyl groups excluding tert-OH is 3. The molecule has 2 heterocycles. The number of cyclic esters (lactones) is 1. The number of esters is 1. The van der Waals surface area contributed by atoms with Crippen LogP contribution in [-0.2, 0) is 67.0 Å². The maximum atomic E-state index is 15.4. The van der Waals surface area contributed by atoms with Gasteiger partial charge in [0.15, 0.2) is 5.60 Å². The number of amides is 10. The Balaban J connectivity index is 2.15. The number of allylic oxidation sites excluding steroid dienone is 3. The van der Waals surface area contributed by atoms with Gasteiger partial charge in [-0.1, -0.05) is 83.9 Å². The number of hydrogen-bond acceptors (Lipinski definition) is 22. The number of phenolic OH excluding ortho intramolecular Hbond substituents is 1. The quantitative estimate of drug-likeness (QED) is 0.0302. The van der Waals surface area contributed by atoms with E-state index in [1.807, 2.05) is 19.9 Å². The number of phenols is 1. The average Bonchev–Trinajstić information content (AvgIpc) is 0.801. The first-order valence-corrected chi connectivity index (χ1v) is 33.1. The first-order valence-electron chi connectivity index (χ1n) is 33.1. The molecular formula is C66H109N13O19. The van der Waals surface area contributed by atoms with E-state index >= 15 is 19.2 Å². The SMILES string of the molecule is CCC(C)/C=C(C)/C=C\C(O)C(C)(O)C(=O)NCC(=O)N[C@@H](C(=O)N[C@H](C(=O)N[C@H](C(=O)N[C@H]1C(=O)N[C@H](COC)C(=O)NCC(=O)N[C@@H](C)CN(C)[C@H]([C@@H](C)O)CNC(C(OC)c2ccc(O)cc2)C(=O)N2CCCC[C@H]2C(=O)O[C@@H]1C(C)C)[C@@H](C)[C@@H](C)C(N)=O)[C@H](C)N)[C@@H](C)O. The molecule has 1 aromatic rings. The van der Waals surface area contributed by atoms with E-state index < -0.39 is 199 Å². The van der Waals surface area contributed by atoms with Gasteiger partial charge in [0.1, 0.15) is 66.4 Å². The highest BCUT2D eigenvalue weighted by Crippen LogP contribution is 2.29. The van der Waals surface area contributed by atoms with E-state index in [2.05, 4.69) is 47.9 Å². The van der Waals surface area contributed by atoms with Crippen LogP contribution in [0.3, 0.4) is 0 Å². The highest BCUT2D eigenvalue weighted by atomic mass is 16.5. The van der Waals surface area contributed by atoms with Crippen molar-refractivity contribution in [3.8, 4) is 5.75 Å². The van der Waals surface area contributed by atoms with E-state index in [1.165, 1.54) is 78.0 Å². The number of carbonyl (C=O) groups excluding carboxylic acids is 11. The lowest BCUT2D eigenvalue weighted by Crippen LogP contribution is -2.66. The summed E-state index contributed by atoms with van der Waals surface area (Å²) < 4.78 is 17.6. The van der Waals surface area contributed by atoms with Gasteiger partial charge in [-0.15, -0.1) is 0 Å². The van der Waals surface area contributed by atoms with Crippen molar-refractivity contribution in [2.45, 2.75) is 205 Å². The van der Waals surface area contributed by atoms with Crippen molar-refractivity contribution in [2.75, 3.05) is 60.6 Å². The van der Waals surface area contributed by atoms with Gasteiger partial charge in [-0.3, -0.25) is 52.8 Å². The van der Waals surface area contributed by atoms with E-state index in [0.29, 0.717) is 18.4 Å². The maximum absolute atomic E-state index is 15.4. The summed E-state index contributed by atoms with van der Waals surface area (Å²) in [4.78, 5) is 159. The summed E-state index contributed by atoms with van der Waals surface area (Å²) in [5.74, 6) is -14.6. The van der Waals surface area contributed by atoms with Gasteiger partial charge >= 0.3 is 5.97 Å². The number of hydrogen-bond donors (Lipinski definition) is 16. The maximum Gasteiger partial charge on any atom is 0.329 e. The number of nitrogens with zero attached hydrogens (tertiary/aromatic N) is 2. The standard InChI is InChI=1S/C66H109N13O19/c1-16-34(4)27-35(5)20-25-47(83)66(12,95)65(94)71-30-49(85)74-52(41(11)81)61(90)76-51(39(9)67)60(89)75-50(37(7)38(8)57(68)86)59(88)77-53-55(33(2)3)98-64(93)45-19-17-18-26-79(45)63(92)54(56(97-15)42-21-23-43(82)24-22-42)69-28-46(40(10)80)78(13)31-36(6)72-48(84)29-70-58(87)44(32-96-14)73-62(53)91/h20-25,27,33-34,36-41,44-47,50-56,69,80-83,95H,16-19,26,28-32,67H2,1-15H3,(H2,68,86)(H,70,87)(H,71,94)(H,72,84)(H,73,91)(H,74,85)(H,75,89)(H,76,90)(H,77,88)/b25-20-,35-27+/t34?,36-,37-,38+,39-,40+,41+,44+,45-,46-,47?,50-,51-,52+,53+,54?,55+,56?,66?/m0/s1. The molecular weight excluding hydrogens is 1280 g/mol. The monoisotopic (exact) mass is 1390 g/mol. The molecule has 1 aromatic carbocycles. The van der Waals surface area contributed by atoms with Crippen LogP contribution in [0.25, 0.3) is 0 Å². The topological polar surface area (TPSA) is 483 Å². The minimum absolute atomic E-state index is 0.0157. The zero-order chi connectivity index (χ0) is 74.2. The summed E-state index contributed by atoms with van der Waals surface area (Å²) in [6.07, 6.45) is -0.824. The number of likely N-dealkylation sites (N-methyl/N-ethyl adjacent to an activating group) is 1. The number of piperidine rings is 1. The van der Waals surface area contributed by atoms with Gasteiger partial charge in [-0.2, -0.15) is 0 Å². The number of ether oxygens (including phenoxy) is 3. The molecule has 2 aliphatic heterocycles. The second-order valence-electron chi connectivity index (χ2n) is 26.4. The number of rotatable bonds is 27. The van der Waals surface area contributed by atoms with Crippen LogP contribution in [-0.4, -0.2) is 251 Å². The lowest BCUT2D eigenvalue weighted by atomic mass is 9.87. The number of fused-ring (bicyclic) bond motifs is 1. The molecule has 0 radical (unpaired) electrons. The molecule has 0 bridgehead atoms. The van der Waals surface area contributed by atoms with Gasteiger partial charge in [-0.25, -0.2) is 4.79 Å². The summed E-state index contributed by atoms with van der Waals surface area (Å²) in [6.45, 7) is 16.2. The second kappa shape index (κ2) is 39.8. The fourth-order valence-corrected chi connectivity index (χ4v) is 11.3. The van der Waals surface area contributed by atoms with Gasteiger partial charge in [-0.05, 0) is 103 Å². The Morgan fingerprint density at radius 1 is 0.867 bits per heavy atom. The Morgan fingerprint density at radius 2 is 1.49 bits per heavy atom. The molecule has 32 nitrogen and oxygen atoms in total. The molecule has 32 heteroatoms. The fraction of sp³-hybridized carbons (Fsp3) is 0.682. The highest BCUT2D eigenvalue weighted by Gasteiger charge is 2.46. The Kier molecular flexibility index (Phi) is 34.3. The minimum Gasteiger partial charge on any atom is -0.508 e. The number of primary amides is 1. The smallest absolute Gasteiger partial charge is 0.329 e. The van der Waals surface area contributed by atoms with Crippen LogP contribution in [0.5, 0.6) is 5.75 Å². The van der Waals surface area contributed by atoms with Crippen molar-refractivity contribution in [1.82, 2.24) is 57.7 Å². The van der Waals surface area contributed by atoms with Gasteiger partial charge in [0, 0.05) is 57.9 Å². The molecule has 0 spiro atoms. The molecule has 19 atom stereocenters. The third-order valence-corrected chi connectivity index (χ3v) is 17.7. The molecule has 10 amide bonds. The molecule has 5 unspecified atom stereocenters. The minimum atomic E-state index is -2.44. The fourth-order valence-electron chi connectivity index (χ4n) is 11.3. The highest BCUT2D eigenvalue weighted by molar-refractivity contribution is 5.98. The summed E-state index contributed by atoms with van der Waals surface area (Å²) in [7, 11) is 4.29. The van der Waals surface area contributed by atoms with Crippen LogP contribution in [0.15, 0.2) is 48.1 Å². The van der Waals surface area contributed by atoms with Crippen LogP contribution in [0.2, 0.25) is 0 Å². The van der Waals surface area contributed by atoms with Crippen molar-refractivity contribution in [3.05, 3.63) is 53.6 Å². The molecule has 18 N–H and O–H groups in total. The molecule has 2 saturated heterocycles. The van der Waals surface area contributed by atoms with Crippen LogP contribution in [0, 0.1) is 23.7 Å². The van der Waals surface area contributed by atoms with Crippen molar-refractivity contribution in [1.29, 1.82) is 0 Å². The third-order valence-electron chi connectivity index (χ3n) is 17.7. The zero-order valence-corrected chi connectivity index (χ0v) is 59.1. The third kappa shape index (κ3) is 24.9. The predicted molar refractivity (Wildman–Crippen MR) is 359 cm³/mol. The number of nitrogens with two attached hydrogens (primary N) is 2. The molecule has 2 fully saturated rings. The number of aromatic hydroxyl groups is 1. The summed E-state index contributed by atoms with van der Waals surface area (Å²) in [5, 5.41) is 76.7. The van der Waals surface area contributed by atoms with E-state index in [9.17, 15) is 59.1 Å². The average molecular weight is 1390 g/mol. The number of benzene rings is 1. The van der Waals surface area contributed by atoms with Crippen molar-refractivity contribution < 1.29 is 92.5 Å². The molecule has 552 valence electrons. The second-order valence-corrected chi connectivity index (χ2v) is 26.4. The predicted octanol–water partition coefficient (Wildman–Crippen LogP) is -3.36. The van der Waals surface area contributed by atoms with Gasteiger partial charge in [0.25, 0.3) is 5.91 Å². The van der Waals surface area contributed by atoms with E-state index in [0.717, 1.165) is 25.8 Å². The lowest BCUT2D eigenvalue weighted by Gasteiger charge is -2.40.